The van der Waals surface area contributed by atoms with E-state index in [1.807, 2.05) is 6.08 Å². The molecule has 0 unspecified atom stereocenters. The lowest BCUT2D eigenvalue weighted by Gasteiger charge is -2.50. The smallest absolute Gasteiger partial charge is 0.417 e. The van der Waals surface area contributed by atoms with E-state index in [0.717, 1.165) is 24.3 Å². The zero-order chi connectivity index (χ0) is 39.8. The molecular weight excluding hydrogens is 776 g/mol. The van der Waals surface area contributed by atoms with Crippen LogP contribution in [0.3, 0.4) is 0 Å². The topological polar surface area (TPSA) is 138 Å². The van der Waals surface area contributed by atoms with Crippen molar-refractivity contribution in [2.45, 2.75) is 68.5 Å². The number of anilines is 1. The first kappa shape index (κ1) is 38.1. The maximum Gasteiger partial charge on any atom is 0.417 e. The average molecular weight is 814 g/mol. The summed E-state index contributed by atoms with van der Waals surface area (Å²) in [6.07, 6.45) is 2.14. The lowest BCUT2D eigenvalue weighted by atomic mass is 9.49. The molecule has 8 rings (SSSR count). The number of hydrazine groups is 1. The fourth-order valence-corrected chi connectivity index (χ4v) is 10.3. The minimum Gasteiger partial charge on any atom is -0.502 e. The van der Waals surface area contributed by atoms with E-state index in [9.17, 15) is 32.7 Å². The molecule has 4 amide bonds. The van der Waals surface area contributed by atoms with Crippen molar-refractivity contribution in [3.05, 3.63) is 87.0 Å². The zero-order valence-corrected chi connectivity index (χ0v) is 31.8. The molecule has 2 aliphatic heterocycles. The van der Waals surface area contributed by atoms with Crippen LogP contribution in [0.5, 0.6) is 17.2 Å². The third kappa shape index (κ3) is 5.73. The van der Waals surface area contributed by atoms with Crippen LogP contribution in [-0.4, -0.2) is 63.9 Å². The predicted octanol–water partition coefficient (Wildman–Crippen LogP) is 7.45. The summed E-state index contributed by atoms with van der Waals surface area (Å²) in [5, 5.41) is 11.6. The molecule has 4 fully saturated rings. The molecule has 3 heterocycles. The number of methoxy groups -OCH3 is 2. The van der Waals surface area contributed by atoms with Crippen LogP contribution in [0.4, 0.5) is 19.0 Å². The van der Waals surface area contributed by atoms with E-state index in [1.165, 1.54) is 19.1 Å². The Balaban J connectivity index is 1.33. The molecule has 2 saturated heterocycles. The van der Waals surface area contributed by atoms with E-state index >= 15 is 4.79 Å². The lowest BCUT2D eigenvalue weighted by Crippen LogP contribution is -2.53. The van der Waals surface area contributed by atoms with Gasteiger partial charge in [0, 0.05) is 23.2 Å². The average Bonchev–Trinajstić information content (AvgIpc) is 3.56. The summed E-state index contributed by atoms with van der Waals surface area (Å²) in [7, 11) is 2.70. The summed E-state index contributed by atoms with van der Waals surface area (Å²) >= 11 is 12.6. The van der Waals surface area contributed by atoms with Gasteiger partial charge in [-0.25, -0.2) is 4.98 Å². The first-order valence-corrected chi connectivity index (χ1v) is 19.1. The number of fused-ring (bicyclic) bond motifs is 4. The van der Waals surface area contributed by atoms with Crippen molar-refractivity contribution in [2.75, 3.05) is 19.6 Å². The molecule has 0 radical (unpaired) electrons. The number of ether oxygens (including phenoxy) is 2. The van der Waals surface area contributed by atoms with Gasteiger partial charge in [0.15, 0.2) is 17.3 Å². The summed E-state index contributed by atoms with van der Waals surface area (Å²) in [5.41, 5.74) is 1.16. The van der Waals surface area contributed by atoms with Gasteiger partial charge in [0.2, 0.25) is 17.6 Å². The van der Waals surface area contributed by atoms with Crippen LogP contribution < -0.4 is 14.9 Å². The number of amides is 4. The van der Waals surface area contributed by atoms with Crippen LogP contribution in [0.2, 0.25) is 10.0 Å². The van der Waals surface area contributed by atoms with Crippen molar-refractivity contribution in [3.8, 4) is 17.2 Å². The molecule has 3 aliphatic carbocycles. The van der Waals surface area contributed by atoms with Crippen LogP contribution in [0, 0.1) is 23.7 Å². The van der Waals surface area contributed by atoms with Gasteiger partial charge in [0.05, 0.1) is 48.0 Å². The van der Waals surface area contributed by atoms with Crippen LogP contribution in [0.1, 0.15) is 67.6 Å². The van der Waals surface area contributed by atoms with Crippen LogP contribution in [0.15, 0.2) is 60.3 Å². The highest BCUT2D eigenvalue weighted by Crippen LogP contribution is 2.65. The molecule has 2 aromatic carbocycles. The third-order valence-electron chi connectivity index (χ3n) is 12.4. The number of imide groups is 2. The number of hydrogen-bond donors (Lipinski definition) is 2. The SMILES string of the molecule is COc1cc([C@H]2C3=CC[C@@H]4C(=O)N(C5CCCCC5)C(=O)[C@@H]4[C@@H]3C[C@H]3C(=O)N(Nc4ncc(C(F)(F)F)cc4Cl)C(=O)[C@@]23c2ccc(Cl)cc2)cc(OC)c1O. The number of benzene rings is 2. The summed E-state index contributed by atoms with van der Waals surface area (Å²) in [5.74, 6) is -7.07. The van der Waals surface area contributed by atoms with Gasteiger partial charge in [-0.3, -0.25) is 29.5 Å². The van der Waals surface area contributed by atoms with Gasteiger partial charge in [-0.2, -0.15) is 18.2 Å². The van der Waals surface area contributed by atoms with Gasteiger partial charge < -0.3 is 14.6 Å². The van der Waals surface area contributed by atoms with E-state index in [4.69, 9.17) is 32.7 Å². The van der Waals surface area contributed by atoms with Gasteiger partial charge in [0.25, 0.3) is 11.8 Å². The number of halogens is 5. The van der Waals surface area contributed by atoms with Crippen molar-refractivity contribution < 1.29 is 46.9 Å². The second-order valence-corrected chi connectivity index (χ2v) is 15.9. The highest BCUT2D eigenvalue weighted by atomic mass is 35.5. The predicted molar refractivity (Wildman–Crippen MR) is 197 cm³/mol. The van der Waals surface area contributed by atoms with Gasteiger partial charge in [-0.05, 0) is 73.1 Å². The monoisotopic (exact) mass is 812 g/mol. The van der Waals surface area contributed by atoms with E-state index in [-0.39, 0.29) is 53.8 Å². The Bertz CT molecular complexity index is 2150. The quantitative estimate of drug-likeness (QED) is 0.184. The number of allylic oxidation sites excluding steroid dienone is 2. The fourth-order valence-electron chi connectivity index (χ4n) is 9.96. The number of hydrogen-bond acceptors (Lipinski definition) is 9. The van der Waals surface area contributed by atoms with Gasteiger partial charge in [-0.1, -0.05) is 66.2 Å². The zero-order valence-electron chi connectivity index (χ0n) is 30.2. The lowest BCUT2D eigenvalue weighted by molar-refractivity contribution is -0.144. The van der Waals surface area contributed by atoms with Crippen LogP contribution in [0.25, 0.3) is 0 Å². The Labute approximate surface area is 329 Å². The Morgan fingerprint density at radius 2 is 1.57 bits per heavy atom. The molecular formula is C40H37Cl2F3N4O7. The minimum atomic E-state index is -4.75. The molecule has 2 saturated carbocycles. The summed E-state index contributed by atoms with van der Waals surface area (Å²) in [4.78, 5) is 64.3. The van der Waals surface area contributed by atoms with E-state index in [0.29, 0.717) is 46.8 Å². The van der Waals surface area contributed by atoms with E-state index < -0.39 is 63.6 Å². The molecule has 16 heteroatoms. The second kappa shape index (κ2) is 14.0. The van der Waals surface area contributed by atoms with Crippen LogP contribution >= 0.6 is 23.2 Å². The second-order valence-electron chi connectivity index (χ2n) is 15.0. The van der Waals surface area contributed by atoms with Crippen molar-refractivity contribution in [1.82, 2.24) is 14.9 Å². The number of carbonyl (C=O) groups is 4. The fraction of sp³-hybridized carbons (Fsp3) is 0.425. The van der Waals surface area contributed by atoms with Gasteiger partial charge in [0.1, 0.15) is 0 Å². The molecule has 0 spiro atoms. The number of nitrogens with zero attached hydrogens (tertiary/aromatic N) is 3. The maximum atomic E-state index is 15.4. The standard InChI is InChI=1S/C40H37Cl2F3N4O7/c1-55-29-14-19(15-30(56-2)33(29)50)32-24-12-13-25-31(37(53)48(35(25)51)23-6-4-3-5-7-23)26(24)17-27-36(52)49(38(54)39(27,32)20-8-10-22(41)11-9-20)47-34-28(42)16-21(18-46-34)40(43,44)45/h8-12,14-16,18,23,25-27,31-32,50H,3-7,13,17H2,1-2H3,(H,46,47)/t25-,26+,27-,31-,32-,39+/m0/s1. The summed E-state index contributed by atoms with van der Waals surface area (Å²) in [6, 6.07) is 9.95. The number of aromatic nitrogens is 1. The number of aromatic hydroxyl groups is 1. The number of alkyl halides is 3. The molecule has 2 N–H and O–H groups in total. The Kier molecular flexibility index (Phi) is 9.50. The maximum absolute atomic E-state index is 15.4. The molecule has 6 atom stereocenters. The number of likely N-dealkylation sites (tertiary alicyclic amines) is 1. The van der Waals surface area contributed by atoms with E-state index in [2.05, 4.69) is 10.4 Å². The number of phenolic OH excluding ortho intramolecular Hbond substituents is 1. The Morgan fingerprint density at radius 1 is 0.911 bits per heavy atom. The number of phenols is 1. The first-order chi connectivity index (χ1) is 26.7. The molecule has 3 aromatic rings. The Hall–Kier alpha value is -4.82. The number of rotatable bonds is 7. The third-order valence-corrected chi connectivity index (χ3v) is 12.9. The van der Waals surface area contributed by atoms with Crippen molar-refractivity contribution in [3.63, 3.8) is 0 Å². The largest absolute Gasteiger partial charge is 0.502 e. The highest BCUT2D eigenvalue weighted by Gasteiger charge is 2.70. The molecule has 1 aromatic heterocycles. The van der Waals surface area contributed by atoms with Gasteiger partial charge in [-0.15, -0.1) is 0 Å². The number of carbonyl (C=O) groups excluding carboxylic acids is 4. The first-order valence-electron chi connectivity index (χ1n) is 18.4. The van der Waals surface area contributed by atoms with Crippen molar-refractivity contribution in [1.29, 1.82) is 0 Å². The van der Waals surface area contributed by atoms with Gasteiger partial charge >= 0.3 is 6.18 Å². The normalized spacial score (nSPS) is 27.8. The number of pyridine rings is 1. The Morgan fingerprint density at radius 3 is 2.18 bits per heavy atom. The van der Waals surface area contributed by atoms with Crippen molar-refractivity contribution in [2.24, 2.45) is 23.7 Å². The minimum absolute atomic E-state index is 0.0154. The molecule has 5 aliphatic rings. The number of nitrogens with one attached hydrogen (secondary N) is 1. The van der Waals surface area contributed by atoms with Crippen LogP contribution in [-0.2, 0) is 30.8 Å². The molecule has 0 bridgehead atoms. The molecule has 56 heavy (non-hydrogen) atoms. The summed E-state index contributed by atoms with van der Waals surface area (Å²) < 4.78 is 51.7. The van der Waals surface area contributed by atoms with Crippen molar-refractivity contribution >= 4 is 52.6 Å². The summed E-state index contributed by atoms with van der Waals surface area (Å²) in [6.45, 7) is 0. The molecule has 294 valence electrons. The molecule has 11 nitrogen and oxygen atoms in total. The van der Waals surface area contributed by atoms with E-state index in [1.54, 1.807) is 36.4 Å². The highest BCUT2D eigenvalue weighted by molar-refractivity contribution is 6.33.